The van der Waals surface area contributed by atoms with Gasteiger partial charge in [0.15, 0.2) is 17.2 Å². The summed E-state index contributed by atoms with van der Waals surface area (Å²) in [6.07, 6.45) is 2.96. The van der Waals surface area contributed by atoms with Crippen molar-refractivity contribution < 1.29 is 28.2 Å². The molecule has 2 aromatic rings. The van der Waals surface area contributed by atoms with Gasteiger partial charge in [-0.25, -0.2) is 14.8 Å². The van der Waals surface area contributed by atoms with Crippen molar-refractivity contribution in [1.29, 1.82) is 0 Å². The van der Waals surface area contributed by atoms with Crippen LogP contribution in [0.15, 0.2) is 30.6 Å². The third-order valence-corrected chi connectivity index (χ3v) is 3.03. The molecule has 0 spiro atoms. The second kappa shape index (κ2) is 8.04. The number of aromatic carboxylic acids is 1. The number of carboxylic acids is 1. The highest BCUT2D eigenvalue weighted by molar-refractivity contribution is 5.84. The fourth-order valence-corrected chi connectivity index (χ4v) is 1.93. The molecule has 0 amide bonds. The summed E-state index contributed by atoms with van der Waals surface area (Å²) in [5.41, 5.74) is 0.610. The van der Waals surface area contributed by atoms with E-state index < -0.39 is 12.6 Å². The Morgan fingerprint density at radius 1 is 1.29 bits per heavy atom. The van der Waals surface area contributed by atoms with Gasteiger partial charge in [-0.2, -0.15) is 8.78 Å². The van der Waals surface area contributed by atoms with Crippen LogP contribution < -0.4 is 14.8 Å². The van der Waals surface area contributed by atoms with E-state index in [2.05, 4.69) is 20.0 Å². The zero-order chi connectivity index (χ0) is 17.5. The normalized spacial score (nSPS) is 10.5. The number of hydrogen-bond acceptors (Lipinski definition) is 6. The fourth-order valence-electron chi connectivity index (χ4n) is 1.93. The molecule has 0 bridgehead atoms. The van der Waals surface area contributed by atoms with Gasteiger partial charge in [0.1, 0.15) is 5.82 Å². The highest BCUT2D eigenvalue weighted by atomic mass is 19.3. The number of ether oxygens (including phenoxy) is 2. The maximum absolute atomic E-state index is 12.4. The van der Waals surface area contributed by atoms with Crippen molar-refractivity contribution >= 4 is 11.8 Å². The lowest BCUT2D eigenvalue weighted by molar-refractivity contribution is -0.0512. The SMILES string of the molecule is COc1ccc(CCNc2cnc(C(=O)O)cn2)cc1OC(F)F. The number of nitrogens with one attached hydrogen (secondary N) is 1. The maximum Gasteiger partial charge on any atom is 0.387 e. The summed E-state index contributed by atoms with van der Waals surface area (Å²) in [4.78, 5) is 18.3. The Morgan fingerprint density at radius 2 is 2.08 bits per heavy atom. The van der Waals surface area contributed by atoms with E-state index in [-0.39, 0.29) is 17.2 Å². The van der Waals surface area contributed by atoms with Crippen LogP contribution in [0, 0.1) is 0 Å². The van der Waals surface area contributed by atoms with Crippen LogP contribution >= 0.6 is 0 Å². The third kappa shape index (κ3) is 4.77. The topological polar surface area (TPSA) is 93.6 Å². The summed E-state index contributed by atoms with van der Waals surface area (Å²) in [5.74, 6) is -0.547. The van der Waals surface area contributed by atoms with Gasteiger partial charge in [-0.05, 0) is 24.1 Å². The molecule has 9 heteroatoms. The number of alkyl halides is 2. The summed E-state index contributed by atoms with van der Waals surface area (Å²) < 4.78 is 34.2. The molecular formula is C15H15F2N3O4. The van der Waals surface area contributed by atoms with Gasteiger partial charge >= 0.3 is 12.6 Å². The average Bonchev–Trinajstić information content (AvgIpc) is 2.55. The molecular weight excluding hydrogens is 324 g/mol. The van der Waals surface area contributed by atoms with Gasteiger partial charge in [-0.15, -0.1) is 0 Å². The molecule has 7 nitrogen and oxygen atoms in total. The molecule has 0 aliphatic heterocycles. The summed E-state index contributed by atoms with van der Waals surface area (Å²) >= 11 is 0. The number of hydrogen-bond donors (Lipinski definition) is 2. The van der Waals surface area contributed by atoms with Gasteiger partial charge in [-0.3, -0.25) is 0 Å². The number of rotatable bonds is 8. The molecule has 1 heterocycles. The van der Waals surface area contributed by atoms with Gasteiger partial charge in [0.2, 0.25) is 0 Å². The predicted molar refractivity (Wildman–Crippen MR) is 80.8 cm³/mol. The maximum atomic E-state index is 12.4. The lowest BCUT2D eigenvalue weighted by Gasteiger charge is -2.12. The molecule has 0 aliphatic rings. The number of methoxy groups -OCH3 is 1. The Labute approximate surface area is 136 Å². The number of carbonyl (C=O) groups is 1. The minimum Gasteiger partial charge on any atom is -0.493 e. The van der Waals surface area contributed by atoms with Crippen molar-refractivity contribution in [3.8, 4) is 11.5 Å². The van der Waals surface area contributed by atoms with Gasteiger partial charge in [0.25, 0.3) is 0 Å². The first-order chi connectivity index (χ1) is 11.5. The van der Waals surface area contributed by atoms with Gasteiger partial charge in [0.05, 0.1) is 19.5 Å². The number of carboxylic acid groups (broad SMARTS) is 1. The van der Waals surface area contributed by atoms with Crippen molar-refractivity contribution in [2.75, 3.05) is 19.0 Å². The predicted octanol–water partition coefficient (Wildman–Crippen LogP) is 2.44. The van der Waals surface area contributed by atoms with E-state index in [4.69, 9.17) is 9.84 Å². The quantitative estimate of drug-likeness (QED) is 0.763. The number of nitrogens with zero attached hydrogens (tertiary/aromatic N) is 2. The smallest absolute Gasteiger partial charge is 0.387 e. The van der Waals surface area contributed by atoms with Crippen LogP contribution in [0.2, 0.25) is 0 Å². The number of benzene rings is 1. The summed E-state index contributed by atoms with van der Waals surface area (Å²) in [7, 11) is 1.37. The van der Waals surface area contributed by atoms with E-state index in [9.17, 15) is 13.6 Å². The zero-order valence-corrected chi connectivity index (χ0v) is 12.7. The summed E-state index contributed by atoms with van der Waals surface area (Å²) in [5, 5.41) is 11.7. The van der Waals surface area contributed by atoms with Crippen LogP contribution in [0.3, 0.4) is 0 Å². The molecule has 1 aromatic carbocycles. The molecule has 0 radical (unpaired) electrons. The largest absolute Gasteiger partial charge is 0.493 e. The average molecular weight is 339 g/mol. The third-order valence-electron chi connectivity index (χ3n) is 3.03. The van der Waals surface area contributed by atoms with Crippen molar-refractivity contribution in [2.45, 2.75) is 13.0 Å². The van der Waals surface area contributed by atoms with Crippen LogP contribution in [0.4, 0.5) is 14.6 Å². The summed E-state index contributed by atoms with van der Waals surface area (Å²) in [6, 6.07) is 4.76. The van der Waals surface area contributed by atoms with Crippen molar-refractivity contribution in [1.82, 2.24) is 9.97 Å². The molecule has 2 rings (SSSR count). The lowest BCUT2D eigenvalue weighted by Crippen LogP contribution is -2.09. The molecule has 0 fully saturated rings. The van der Waals surface area contributed by atoms with Gasteiger partial charge < -0.3 is 19.9 Å². The molecule has 0 unspecified atom stereocenters. The Kier molecular flexibility index (Phi) is 5.83. The monoisotopic (exact) mass is 339 g/mol. The van der Waals surface area contributed by atoms with Crippen LogP contribution in [0.25, 0.3) is 0 Å². The first-order valence-electron chi connectivity index (χ1n) is 6.90. The summed E-state index contributed by atoms with van der Waals surface area (Å²) in [6.45, 7) is -2.49. The molecule has 128 valence electrons. The molecule has 0 saturated heterocycles. The Hall–Kier alpha value is -2.97. The van der Waals surface area contributed by atoms with E-state index in [0.29, 0.717) is 18.8 Å². The molecule has 24 heavy (non-hydrogen) atoms. The van der Waals surface area contributed by atoms with Gasteiger partial charge in [0, 0.05) is 6.54 Å². The Balaban J connectivity index is 1.95. The number of halogens is 2. The Bertz CT molecular complexity index is 696. The minimum atomic E-state index is -2.93. The first-order valence-corrected chi connectivity index (χ1v) is 6.90. The van der Waals surface area contributed by atoms with Crippen LogP contribution in [0.5, 0.6) is 11.5 Å². The van der Waals surface area contributed by atoms with Crippen LogP contribution in [-0.2, 0) is 6.42 Å². The molecule has 1 aromatic heterocycles. The van der Waals surface area contributed by atoms with E-state index in [0.717, 1.165) is 11.8 Å². The molecule has 2 N–H and O–H groups in total. The molecule has 0 atom stereocenters. The molecule has 0 aliphatic carbocycles. The molecule has 0 saturated carbocycles. The van der Waals surface area contributed by atoms with Crippen LogP contribution in [0.1, 0.15) is 16.1 Å². The van der Waals surface area contributed by atoms with E-state index in [1.54, 1.807) is 12.1 Å². The fraction of sp³-hybridized carbons (Fsp3) is 0.267. The Morgan fingerprint density at radius 3 is 2.67 bits per heavy atom. The highest BCUT2D eigenvalue weighted by Gasteiger charge is 2.11. The van der Waals surface area contributed by atoms with E-state index in [1.807, 2.05) is 0 Å². The highest BCUT2D eigenvalue weighted by Crippen LogP contribution is 2.29. The van der Waals surface area contributed by atoms with Crippen molar-refractivity contribution in [3.05, 3.63) is 41.9 Å². The first kappa shape index (κ1) is 17.4. The second-order valence-corrected chi connectivity index (χ2v) is 4.63. The van der Waals surface area contributed by atoms with Crippen molar-refractivity contribution in [2.24, 2.45) is 0 Å². The van der Waals surface area contributed by atoms with E-state index >= 15 is 0 Å². The van der Waals surface area contributed by atoms with Crippen LogP contribution in [-0.4, -0.2) is 41.3 Å². The van der Waals surface area contributed by atoms with E-state index in [1.165, 1.54) is 19.4 Å². The van der Waals surface area contributed by atoms with Crippen molar-refractivity contribution in [3.63, 3.8) is 0 Å². The number of aromatic nitrogens is 2. The second-order valence-electron chi connectivity index (χ2n) is 4.63. The zero-order valence-electron chi connectivity index (χ0n) is 12.7. The lowest BCUT2D eigenvalue weighted by atomic mass is 10.1. The minimum absolute atomic E-state index is 0.0318. The standard InChI is InChI=1S/C15H15F2N3O4/c1-23-11-3-2-9(6-12(11)24-15(16)17)4-5-18-13-8-19-10(7-20-13)14(21)22/h2-3,6-8,15H,4-5H2,1H3,(H,18,20)(H,21,22). The van der Waals surface area contributed by atoms with Gasteiger partial charge in [-0.1, -0.05) is 6.07 Å². The number of anilines is 1.